The van der Waals surface area contributed by atoms with Gasteiger partial charge >= 0.3 is 0 Å². The monoisotopic (exact) mass is 904 g/mol. The van der Waals surface area contributed by atoms with Crippen LogP contribution in [0.1, 0.15) is 25.0 Å². The molecular weight excluding hydrogens is 857 g/mol. The van der Waals surface area contributed by atoms with Crippen LogP contribution in [-0.4, -0.2) is 9.97 Å². The number of hydrogen-bond acceptors (Lipinski definition) is 2. The van der Waals surface area contributed by atoms with Gasteiger partial charge in [-0.05, 0) is 112 Å². The Morgan fingerprint density at radius 2 is 0.592 bits per heavy atom. The lowest BCUT2D eigenvalue weighted by atomic mass is 9.81. The third-order valence-corrected chi connectivity index (χ3v) is 14.8. The highest BCUT2D eigenvalue weighted by atomic mass is 14.9. The number of fused-ring (bicyclic) bond motifs is 5. The lowest BCUT2D eigenvalue weighted by Gasteiger charge is -2.22. The molecule has 0 bridgehead atoms. The van der Waals surface area contributed by atoms with Gasteiger partial charge in [-0.25, -0.2) is 9.97 Å². The van der Waals surface area contributed by atoms with Crippen LogP contribution in [0, 0.1) is 0 Å². The average molecular weight is 905 g/mol. The normalized spacial score (nSPS) is 12.5. The average Bonchev–Trinajstić information content (AvgIpc) is 3.68. The van der Waals surface area contributed by atoms with Crippen molar-refractivity contribution >= 4 is 21.5 Å². The molecule has 1 aliphatic rings. The van der Waals surface area contributed by atoms with Crippen molar-refractivity contribution < 1.29 is 0 Å². The molecule has 0 atom stereocenters. The summed E-state index contributed by atoms with van der Waals surface area (Å²) in [4.78, 5) is 10.2. The van der Waals surface area contributed by atoms with Crippen LogP contribution in [-0.2, 0) is 5.41 Å². The number of nitrogens with zero attached hydrogens (tertiary/aromatic N) is 2. The summed E-state index contributed by atoms with van der Waals surface area (Å²) in [7, 11) is 0. The quantitative estimate of drug-likeness (QED) is 0.152. The van der Waals surface area contributed by atoms with Crippen LogP contribution in [0.25, 0.3) is 122 Å². The summed E-state index contributed by atoms with van der Waals surface area (Å²) in [5.74, 6) is 0.705. The Kier molecular flexibility index (Phi) is 10.2. The van der Waals surface area contributed by atoms with E-state index < -0.39 is 0 Å². The molecule has 0 aliphatic heterocycles. The van der Waals surface area contributed by atoms with Crippen molar-refractivity contribution in [2.24, 2.45) is 0 Å². The van der Waals surface area contributed by atoms with Crippen molar-refractivity contribution in [2.75, 3.05) is 0 Å². The zero-order valence-corrected chi connectivity index (χ0v) is 39.6. The van der Waals surface area contributed by atoms with Crippen LogP contribution < -0.4 is 0 Å². The minimum absolute atomic E-state index is 0.0312. The Bertz CT molecular complexity index is 3960. The van der Waals surface area contributed by atoms with Crippen LogP contribution in [0.15, 0.2) is 255 Å². The van der Waals surface area contributed by atoms with Crippen molar-refractivity contribution in [1.29, 1.82) is 0 Å². The third-order valence-electron chi connectivity index (χ3n) is 14.8. The summed E-state index contributed by atoms with van der Waals surface area (Å²) >= 11 is 0. The summed E-state index contributed by atoms with van der Waals surface area (Å²) in [5, 5.41) is 4.92. The summed E-state index contributed by atoms with van der Waals surface area (Å²) in [6.45, 7) is 4.70. The molecule has 0 N–H and O–H groups in total. The lowest BCUT2D eigenvalue weighted by Crippen LogP contribution is -2.14. The van der Waals surface area contributed by atoms with Gasteiger partial charge in [0.05, 0.1) is 11.4 Å². The fourth-order valence-electron chi connectivity index (χ4n) is 11.0. The Labute approximate surface area is 415 Å². The van der Waals surface area contributed by atoms with Crippen molar-refractivity contribution in [1.82, 2.24) is 9.97 Å². The summed E-state index contributed by atoms with van der Waals surface area (Å²) in [5.41, 5.74) is 22.4. The number of benzene rings is 11. The maximum Gasteiger partial charge on any atom is 0.160 e. The minimum Gasteiger partial charge on any atom is -0.228 e. The molecule has 71 heavy (non-hydrogen) atoms. The first kappa shape index (κ1) is 42.1. The maximum absolute atomic E-state index is 5.14. The lowest BCUT2D eigenvalue weighted by molar-refractivity contribution is 0.660. The van der Waals surface area contributed by atoms with Gasteiger partial charge in [0.2, 0.25) is 0 Å². The summed E-state index contributed by atoms with van der Waals surface area (Å²) in [6.07, 6.45) is 0. The molecule has 12 aromatic rings. The van der Waals surface area contributed by atoms with Gasteiger partial charge in [0.1, 0.15) is 0 Å². The van der Waals surface area contributed by atoms with Gasteiger partial charge in [-0.15, -0.1) is 0 Å². The van der Waals surface area contributed by atoms with Crippen LogP contribution in [0.4, 0.5) is 0 Å². The number of aromatic nitrogens is 2. The fourth-order valence-corrected chi connectivity index (χ4v) is 11.0. The van der Waals surface area contributed by atoms with E-state index in [9.17, 15) is 0 Å². The second-order valence-corrected chi connectivity index (χ2v) is 19.3. The molecule has 2 heteroatoms. The Morgan fingerprint density at radius 3 is 1.13 bits per heavy atom. The molecule has 0 saturated carbocycles. The van der Waals surface area contributed by atoms with Gasteiger partial charge in [-0.1, -0.05) is 257 Å². The molecule has 1 aromatic heterocycles. The van der Waals surface area contributed by atoms with Gasteiger partial charge < -0.3 is 0 Å². The van der Waals surface area contributed by atoms with E-state index in [-0.39, 0.29) is 5.41 Å². The van der Waals surface area contributed by atoms with Gasteiger partial charge in [0.15, 0.2) is 5.82 Å². The van der Waals surface area contributed by atoms with Gasteiger partial charge in [-0.2, -0.15) is 0 Å². The van der Waals surface area contributed by atoms with E-state index in [1.807, 2.05) is 24.3 Å². The second-order valence-electron chi connectivity index (χ2n) is 19.3. The highest BCUT2D eigenvalue weighted by Gasteiger charge is 2.35. The van der Waals surface area contributed by atoms with E-state index in [2.05, 4.69) is 244 Å². The predicted octanol–water partition coefficient (Wildman–Crippen LogP) is 18.4. The van der Waals surface area contributed by atoms with Crippen molar-refractivity contribution in [3.63, 3.8) is 0 Å². The molecule has 0 saturated heterocycles. The van der Waals surface area contributed by atoms with E-state index in [0.717, 1.165) is 33.6 Å². The van der Waals surface area contributed by atoms with Gasteiger partial charge in [0.25, 0.3) is 0 Å². The predicted molar refractivity (Wildman–Crippen MR) is 298 cm³/mol. The largest absolute Gasteiger partial charge is 0.228 e. The molecule has 334 valence electrons. The first-order valence-electron chi connectivity index (χ1n) is 24.5. The van der Waals surface area contributed by atoms with Crippen LogP contribution in [0.2, 0.25) is 0 Å². The van der Waals surface area contributed by atoms with Crippen LogP contribution >= 0.6 is 0 Å². The molecule has 1 aliphatic carbocycles. The molecular formula is C69H48N2. The van der Waals surface area contributed by atoms with Crippen LogP contribution in [0.5, 0.6) is 0 Å². The van der Waals surface area contributed by atoms with Crippen molar-refractivity contribution in [3.05, 3.63) is 266 Å². The highest BCUT2D eigenvalue weighted by Crippen LogP contribution is 2.50. The van der Waals surface area contributed by atoms with Crippen molar-refractivity contribution in [3.8, 4) is 101 Å². The highest BCUT2D eigenvalue weighted by molar-refractivity contribution is 6.12. The Morgan fingerprint density at radius 1 is 0.239 bits per heavy atom. The molecule has 0 unspecified atom stereocenters. The first-order valence-corrected chi connectivity index (χ1v) is 24.5. The van der Waals surface area contributed by atoms with Crippen LogP contribution in [0.3, 0.4) is 0 Å². The zero-order chi connectivity index (χ0) is 47.5. The van der Waals surface area contributed by atoms with E-state index in [1.54, 1.807) is 0 Å². The smallest absolute Gasteiger partial charge is 0.160 e. The number of hydrogen-bond donors (Lipinski definition) is 0. The van der Waals surface area contributed by atoms with E-state index in [4.69, 9.17) is 9.97 Å². The SMILES string of the molecule is CC1(C)c2ccccc2-c2ccc(-c3ccc(-c4ccc(-c5ccc(-c6ccc(-c7cc(-c8ccc(-c9ccccc9)cc8)nc(-c8ccccc8)n7)cc6)c6ccccc56)c5ccccc45)cc3)cc21. The fraction of sp³-hybridized carbons (Fsp3) is 0.0435. The number of rotatable bonds is 8. The summed E-state index contributed by atoms with van der Waals surface area (Å²) in [6, 6.07) is 92.3. The molecule has 13 rings (SSSR count). The van der Waals surface area contributed by atoms with E-state index in [1.165, 1.54) is 93.9 Å². The van der Waals surface area contributed by atoms with Gasteiger partial charge in [0, 0.05) is 22.1 Å². The van der Waals surface area contributed by atoms with Gasteiger partial charge in [-0.3, -0.25) is 0 Å². The third kappa shape index (κ3) is 7.44. The minimum atomic E-state index is -0.0312. The van der Waals surface area contributed by atoms with E-state index in [0.29, 0.717) is 5.82 Å². The Hall–Kier alpha value is -8.98. The topological polar surface area (TPSA) is 25.8 Å². The Balaban J connectivity index is 0.818. The molecule has 0 amide bonds. The molecule has 0 spiro atoms. The van der Waals surface area contributed by atoms with Crippen molar-refractivity contribution in [2.45, 2.75) is 19.3 Å². The standard InChI is InChI=1S/C69H48N2/c1-69(2)64-24-14-13-23-62(64)63-38-37-53(43-65(63)69)47-25-29-48(30-26-47)54-39-41-60(58-21-11-9-19-56(54)58)61-42-40-55(57-20-10-12-22-59(57)61)49-31-35-51(36-32-49)67-44-66(70-68(71-67)52-17-7-4-8-18-52)50-33-27-46(28-34-50)45-15-5-3-6-16-45/h3-44H,1-2H3. The first-order chi connectivity index (χ1) is 34.9. The van der Waals surface area contributed by atoms with E-state index >= 15 is 0 Å². The second kappa shape index (κ2) is 17.2. The molecule has 2 nitrogen and oxygen atoms in total. The molecule has 1 heterocycles. The molecule has 11 aromatic carbocycles. The molecule has 0 fully saturated rings. The summed E-state index contributed by atoms with van der Waals surface area (Å²) < 4.78 is 0. The molecule has 0 radical (unpaired) electrons. The zero-order valence-electron chi connectivity index (χ0n) is 39.6. The maximum atomic E-state index is 5.14.